The lowest BCUT2D eigenvalue weighted by Crippen LogP contribution is -1.98. The molecule has 0 bridgehead atoms. The molecule has 0 radical (unpaired) electrons. The van der Waals surface area contributed by atoms with Crippen molar-refractivity contribution in [1.29, 1.82) is 0 Å². The molecule has 0 aromatic heterocycles. The van der Waals surface area contributed by atoms with E-state index in [1.165, 1.54) is 19.2 Å². The minimum Gasteiger partial charge on any atom is -0.495 e. The second-order valence-electron chi connectivity index (χ2n) is 3.67. The third-order valence-corrected chi connectivity index (χ3v) is 2.52. The highest BCUT2D eigenvalue weighted by molar-refractivity contribution is 5.88. The molecule has 1 N–H and O–H groups in total. The molecular formula is C14H12FNO2. The van der Waals surface area contributed by atoms with Gasteiger partial charge in [-0.1, -0.05) is 6.07 Å². The summed E-state index contributed by atoms with van der Waals surface area (Å²) in [7, 11) is 1.53. The van der Waals surface area contributed by atoms with Gasteiger partial charge in [0.25, 0.3) is 0 Å². The van der Waals surface area contributed by atoms with Gasteiger partial charge in [0, 0.05) is 11.3 Å². The molecule has 0 spiro atoms. The Labute approximate surface area is 104 Å². The van der Waals surface area contributed by atoms with Crippen LogP contribution in [0.2, 0.25) is 0 Å². The summed E-state index contributed by atoms with van der Waals surface area (Å²) in [6.45, 7) is 0. The molecule has 92 valence electrons. The highest BCUT2D eigenvalue weighted by Crippen LogP contribution is 2.30. The first-order valence-electron chi connectivity index (χ1n) is 5.39. The molecule has 0 fully saturated rings. The minimum absolute atomic E-state index is 0.309. The molecule has 3 nitrogen and oxygen atoms in total. The standard InChI is InChI=1S/C14H12FNO2/c1-18-13-4-2-3-10(9-17)14(13)16-12-7-5-11(15)6-8-12/h2-9,16H,1H3. The summed E-state index contributed by atoms with van der Waals surface area (Å²) in [5, 5.41) is 3.05. The number of anilines is 2. The summed E-state index contributed by atoms with van der Waals surface area (Å²) >= 11 is 0. The van der Waals surface area contributed by atoms with Crippen molar-refractivity contribution in [3.8, 4) is 5.75 Å². The predicted molar refractivity (Wildman–Crippen MR) is 68.1 cm³/mol. The first-order chi connectivity index (χ1) is 8.74. The van der Waals surface area contributed by atoms with E-state index in [1.807, 2.05) is 0 Å². The van der Waals surface area contributed by atoms with Crippen molar-refractivity contribution >= 4 is 17.7 Å². The van der Waals surface area contributed by atoms with Gasteiger partial charge < -0.3 is 10.1 Å². The Kier molecular flexibility index (Phi) is 3.57. The van der Waals surface area contributed by atoms with Crippen LogP contribution in [-0.2, 0) is 0 Å². The predicted octanol–water partition coefficient (Wildman–Crippen LogP) is 3.39. The van der Waals surface area contributed by atoms with Crippen molar-refractivity contribution in [1.82, 2.24) is 0 Å². The van der Waals surface area contributed by atoms with Gasteiger partial charge in [0.05, 0.1) is 12.8 Å². The fourth-order valence-corrected chi connectivity index (χ4v) is 1.63. The van der Waals surface area contributed by atoms with E-state index in [4.69, 9.17) is 4.74 Å². The number of carbonyl (C=O) groups excluding carboxylic acids is 1. The van der Waals surface area contributed by atoms with Crippen LogP contribution >= 0.6 is 0 Å². The van der Waals surface area contributed by atoms with Gasteiger partial charge in [-0.3, -0.25) is 4.79 Å². The summed E-state index contributed by atoms with van der Waals surface area (Å²) in [4.78, 5) is 11.0. The zero-order chi connectivity index (χ0) is 13.0. The Morgan fingerprint density at radius 2 is 1.89 bits per heavy atom. The zero-order valence-corrected chi connectivity index (χ0v) is 9.81. The second kappa shape index (κ2) is 5.31. The van der Waals surface area contributed by atoms with Crippen LogP contribution in [0.3, 0.4) is 0 Å². The lowest BCUT2D eigenvalue weighted by Gasteiger charge is -2.13. The van der Waals surface area contributed by atoms with E-state index in [0.29, 0.717) is 22.7 Å². The van der Waals surface area contributed by atoms with E-state index >= 15 is 0 Å². The van der Waals surface area contributed by atoms with Crippen molar-refractivity contribution in [2.75, 3.05) is 12.4 Å². The molecule has 0 aliphatic heterocycles. The molecule has 0 saturated carbocycles. The maximum absolute atomic E-state index is 12.8. The number of ether oxygens (including phenoxy) is 1. The molecule has 2 rings (SSSR count). The fourth-order valence-electron chi connectivity index (χ4n) is 1.63. The zero-order valence-electron chi connectivity index (χ0n) is 9.81. The molecule has 0 aliphatic carbocycles. The molecule has 0 amide bonds. The van der Waals surface area contributed by atoms with E-state index in [9.17, 15) is 9.18 Å². The van der Waals surface area contributed by atoms with E-state index in [2.05, 4.69) is 5.32 Å². The van der Waals surface area contributed by atoms with Crippen LogP contribution in [0.25, 0.3) is 0 Å². The number of hydrogen-bond donors (Lipinski definition) is 1. The van der Waals surface area contributed by atoms with Crippen LogP contribution in [0.4, 0.5) is 15.8 Å². The Morgan fingerprint density at radius 1 is 1.17 bits per heavy atom. The highest BCUT2D eigenvalue weighted by atomic mass is 19.1. The Bertz CT molecular complexity index is 552. The molecule has 0 saturated heterocycles. The quantitative estimate of drug-likeness (QED) is 0.839. The van der Waals surface area contributed by atoms with E-state index < -0.39 is 0 Å². The van der Waals surface area contributed by atoms with E-state index in [-0.39, 0.29) is 5.82 Å². The van der Waals surface area contributed by atoms with Crippen LogP contribution in [0.15, 0.2) is 42.5 Å². The third kappa shape index (κ3) is 2.48. The summed E-state index contributed by atoms with van der Waals surface area (Å²) in [5.41, 5.74) is 1.74. The Hall–Kier alpha value is -2.36. The molecule has 2 aromatic carbocycles. The van der Waals surface area contributed by atoms with Crippen molar-refractivity contribution in [2.24, 2.45) is 0 Å². The largest absolute Gasteiger partial charge is 0.495 e. The number of hydrogen-bond acceptors (Lipinski definition) is 3. The van der Waals surface area contributed by atoms with Crippen molar-refractivity contribution in [3.63, 3.8) is 0 Å². The minimum atomic E-state index is -0.309. The Morgan fingerprint density at radius 3 is 2.50 bits per heavy atom. The lowest BCUT2D eigenvalue weighted by molar-refractivity contribution is 0.112. The molecule has 2 aromatic rings. The normalized spacial score (nSPS) is 9.89. The van der Waals surface area contributed by atoms with Gasteiger partial charge in [0.1, 0.15) is 11.6 Å². The average molecular weight is 245 g/mol. The number of aldehydes is 1. The maximum atomic E-state index is 12.8. The molecule has 18 heavy (non-hydrogen) atoms. The van der Waals surface area contributed by atoms with Gasteiger partial charge in [-0.2, -0.15) is 0 Å². The van der Waals surface area contributed by atoms with Crippen LogP contribution in [0.1, 0.15) is 10.4 Å². The maximum Gasteiger partial charge on any atom is 0.152 e. The lowest BCUT2D eigenvalue weighted by atomic mass is 10.1. The van der Waals surface area contributed by atoms with Gasteiger partial charge in [0.2, 0.25) is 0 Å². The topological polar surface area (TPSA) is 38.3 Å². The number of para-hydroxylation sites is 1. The molecular weight excluding hydrogens is 233 g/mol. The molecule has 0 atom stereocenters. The van der Waals surface area contributed by atoms with Gasteiger partial charge >= 0.3 is 0 Å². The average Bonchev–Trinajstić information content (AvgIpc) is 2.41. The summed E-state index contributed by atoms with van der Waals surface area (Å²) in [6.07, 6.45) is 0.744. The molecule has 0 unspecified atom stereocenters. The van der Waals surface area contributed by atoms with Crippen LogP contribution < -0.4 is 10.1 Å². The van der Waals surface area contributed by atoms with Gasteiger partial charge in [0.15, 0.2) is 6.29 Å². The summed E-state index contributed by atoms with van der Waals surface area (Å²) in [5.74, 6) is 0.250. The first kappa shape index (κ1) is 12.1. The van der Waals surface area contributed by atoms with Crippen molar-refractivity contribution in [2.45, 2.75) is 0 Å². The van der Waals surface area contributed by atoms with Gasteiger partial charge in [-0.15, -0.1) is 0 Å². The van der Waals surface area contributed by atoms with Crippen molar-refractivity contribution < 1.29 is 13.9 Å². The SMILES string of the molecule is COc1cccc(C=O)c1Nc1ccc(F)cc1. The Balaban J connectivity index is 2.38. The van der Waals surface area contributed by atoms with E-state index in [0.717, 1.165) is 6.29 Å². The first-order valence-corrected chi connectivity index (χ1v) is 5.39. The summed E-state index contributed by atoms with van der Waals surface area (Å²) < 4.78 is 18.0. The number of rotatable bonds is 4. The number of methoxy groups -OCH3 is 1. The second-order valence-corrected chi connectivity index (χ2v) is 3.67. The van der Waals surface area contributed by atoms with E-state index in [1.54, 1.807) is 30.3 Å². The number of benzene rings is 2. The van der Waals surface area contributed by atoms with Gasteiger partial charge in [-0.25, -0.2) is 4.39 Å². The third-order valence-electron chi connectivity index (χ3n) is 2.52. The smallest absolute Gasteiger partial charge is 0.152 e. The monoisotopic (exact) mass is 245 g/mol. The van der Waals surface area contributed by atoms with Crippen LogP contribution in [0.5, 0.6) is 5.75 Å². The molecule has 4 heteroatoms. The number of halogens is 1. The fraction of sp³-hybridized carbons (Fsp3) is 0.0714. The van der Waals surface area contributed by atoms with Gasteiger partial charge in [-0.05, 0) is 36.4 Å². The number of nitrogens with one attached hydrogen (secondary N) is 1. The van der Waals surface area contributed by atoms with Crippen LogP contribution in [-0.4, -0.2) is 13.4 Å². The molecule has 0 aliphatic rings. The number of carbonyl (C=O) groups is 1. The highest BCUT2D eigenvalue weighted by Gasteiger charge is 2.08. The van der Waals surface area contributed by atoms with Crippen LogP contribution in [0, 0.1) is 5.82 Å². The summed E-state index contributed by atoms with van der Waals surface area (Å²) in [6, 6.07) is 11.0. The molecule has 0 heterocycles. The van der Waals surface area contributed by atoms with Crippen molar-refractivity contribution in [3.05, 3.63) is 53.8 Å².